The second-order valence-corrected chi connectivity index (χ2v) is 7.04. The molecule has 1 aromatic carbocycles. The molecule has 2 aromatic heterocycles. The molecule has 1 atom stereocenters. The molecule has 0 bridgehead atoms. The van der Waals surface area contributed by atoms with Crippen LogP contribution in [0.5, 0.6) is 0 Å². The number of nitrogens with zero attached hydrogens (tertiary/aromatic N) is 1. The van der Waals surface area contributed by atoms with Crippen LogP contribution in [-0.4, -0.2) is 29.0 Å². The number of carbonyl (C=O) groups excluding carboxylic acids is 3. The van der Waals surface area contributed by atoms with Gasteiger partial charge in [-0.25, -0.2) is 4.79 Å². The number of benzene rings is 1. The minimum absolute atomic E-state index is 0.0770. The predicted octanol–water partition coefficient (Wildman–Crippen LogP) is 2.69. The van der Waals surface area contributed by atoms with Gasteiger partial charge in [-0.15, -0.1) is 0 Å². The van der Waals surface area contributed by atoms with Gasteiger partial charge in [0, 0.05) is 11.5 Å². The van der Waals surface area contributed by atoms with Gasteiger partial charge in [-0.05, 0) is 39.3 Å². The molecular weight excluding hydrogens is 402 g/mol. The monoisotopic (exact) mass is 425 g/mol. The van der Waals surface area contributed by atoms with Crippen LogP contribution in [0.3, 0.4) is 0 Å². The molecule has 0 fully saturated rings. The fraction of sp³-hybridized carbons (Fsp3) is 0.273. The number of fused-ring (bicyclic) bond motifs is 1. The zero-order chi connectivity index (χ0) is 22.9. The zero-order valence-electron chi connectivity index (χ0n) is 17.6. The van der Waals surface area contributed by atoms with E-state index in [9.17, 15) is 19.2 Å². The SMILES string of the molecule is CCOC(=O)c1c(C)oc(NC(=O)C(C)n2c(=O)cc(C)c3ccccc32)c1C(N)=O. The molecule has 2 heterocycles. The number of hydrogen-bond acceptors (Lipinski definition) is 6. The first-order chi connectivity index (χ1) is 14.7. The third kappa shape index (κ3) is 3.94. The van der Waals surface area contributed by atoms with Crippen LogP contribution in [0.15, 0.2) is 39.5 Å². The van der Waals surface area contributed by atoms with Crippen molar-refractivity contribution in [2.75, 3.05) is 11.9 Å². The highest BCUT2D eigenvalue weighted by Crippen LogP contribution is 2.28. The molecule has 162 valence electrons. The molecule has 3 aromatic rings. The molecule has 0 radical (unpaired) electrons. The second kappa shape index (κ2) is 8.47. The summed E-state index contributed by atoms with van der Waals surface area (Å²) in [6.45, 7) is 6.52. The standard InChI is InChI=1S/C22H23N3O6/c1-5-30-22(29)17-13(4)31-21(18(17)19(23)27)24-20(28)12(3)25-15-9-7-6-8-14(15)11(2)10-16(25)26/h6-10,12H,5H2,1-4H3,(H2,23,27)(H,24,28). The van der Waals surface area contributed by atoms with Crippen LogP contribution in [0, 0.1) is 13.8 Å². The summed E-state index contributed by atoms with van der Waals surface area (Å²) in [5.41, 5.74) is 6.04. The lowest BCUT2D eigenvalue weighted by molar-refractivity contribution is -0.118. The smallest absolute Gasteiger partial charge is 0.342 e. The number of carbonyl (C=O) groups is 3. The number of pyridine rings is 1. The van der Waals surface area contributed by atoms with Crippen molar-refractivity contribution >= 4 is 34.6 Å². The average molecular weight is 425 g/mol. The highest BCUT2D eigenvalue weighted by atomic mass is 16.5. The third-order valence-electron chi connectivity index (χ3n) is 4.98. The van der Waals surface area contributed by atoms with E-state index >= 15 is 0 Å². The number of aryl methyl sites for hydroxylation is 2. The van der Waals surface area contributed by atoms with E-state index < -0.39 is 23.8 Å². The second-order valence-electron chi connectivity index (χ2n) is 7.04. The van der Waals surface area contributed by atoms with Crippen molar-refractivity contribution in [3.8, 4) is 0 Å². The number of ether oxygens (including phenoxy) is 1. The number of hydrogen-bond donors (Lipinski definition) is 2. The van der Waals surface area contributed by atoms with Gasteiger partial charge >= 0.3 is 5.97 Å². The molecule has 0 saturated carbocycles. The summed E-state index contributed by atoms with van der Waals surface area (Å²) < 4.78 is 11.7. The van der Waals surface area contributed by atoms with Gasteiger partial charge in [0.15, 0.2) is 0 Å². The molecule has 0 aliphatic heterocycles. The molecule has 0 spiro atoms. The maximum Gasteiger partial charge on any atom is 0.342 e. The Morgan fingerprint density at radius 2 is 1.87 bits per heavy atom. The van der Waals surface area contributed by atoms with Crippen LogP contribution < -0.4 is 16.6 Å². The molecule has 9 heteroatoms. The molecule has 0 aliphatic carbocycles. The molecule has 0 saturated heterocycles. The molecule has 3 rings (SSSR count). The van der Waals surface area contributed by atoms with Crippen molar-refractivity contribution in [1.29, 1.82) is 0 Å². The first kappa shape index (κ1) is 21.8. The molecule has 1 unspecified atom stereocenters. The fourth-order valence-corrected chi connectivity index (χ4v) is 3.52. The van der Waals surface area contributed by atoms with Gasteiger partial charge in [-0.2, -0.15) is 0 Å². The normalized spacial score (nSPS) is 11.9. The predicted molar refractivity (Wildman–Crippen MR) is 114 cm³/mol. The summed E-state index contributed by atoms with van der Waals surface area (Å²) in [6.07, 6.45) is 0. The maximum atomic E-state index is 13.0. The number of rotatable bonds is 6. The molecule has 9 nitrogen and oxygen atoms in total. The summed E-state index contributed by atoms with van der Waals surface area (Å²) >= 11 is 0. The van der Waals surface area contributed by atoms with Crippen molar-refractivity contribution in [2.24, 2.45) is 5.73 Å². The lowest BCUT2D eigenvalue weighted by atomic mass is 10.1. The lowest BCUT2D eigenvalue weighted by Crippen LogP contribution is -2.32. The number of esters is 1. The van der Waals surface area contributed by atoms with E-state index in [1.807, 2.05) is 19.1 Å². The van der Waals surface area contributed by atoms with Gasteiger partial charge in [0.25, 0.3) is 11.5 Å². The van der Waals surface area contributed by atoms with Gasteiger partial charge in [0.05, 0.1) is 12.1 Å². The molecular formula is C22H23N3O6. The number of nitrogens with two attached hydrogens (primary N) is 1. The van der Waals surface area contributed by atoms with Crippen LogP contribution in [0.25, 0.3) is 10.9 Å². The lowest BCUT2D eigenvalue weighted by Gasteiger charge is -2.18. The Bertz CT molecular complexity index is 1250. The van der Waals surface area contributed by atoms with E-state index in [0.717, 1.165) is 10.9 Å². The molecule has 31 heavy (non-hydrogen) atoms. The summed E-state index contributed by atoms with van der Waals surface area (Å²) in [5, 5.41) is 3.31. The number of primary amides is 1. The van der Waals surface area contributed by atoms with E-state index in [4.69, 9.17) is 14.9 Å². The van der Waals surface area contributed by atoms with Crippen LogP contribution in [0.2, 0.25) is 0 Å². The highest BCUT2D eigenvalue weighted by Gasteiger charge is 2.30. The minimum atomic E-state index is -0.958. The summed E-state index contributed by atoms with van der Waals surface area (Å²) in [5.74, 6) is -2.56. The van der Waals surface area contributed by atoms with Crippen molar-refractivity contribution in [1.82, 2.24) is 4.57 Å². The van der Waals surface area contributed by atoms with Gasteiger partial charge in [-0.1, -0.05) is 18.2 Å². The van der Waals surface area contributed by atoms with Gasteiger partial charge < -0.3 is 14.9 Å². The van der Waals surface area contributed by atoms with Crippen LogP contribution in [0.1, 0.15) is 51.9 Å². The van der Waals surface area contributed by atoms with E-state index in [0.29, 0.717) is 5.52 Å². The van der Waals surface area contributed by atoms with E-state index in [1.165, 1.54) is 17.6 Å². The Labute approximate surface area is 177 Å². The Morgan fingerprint density at radius 3 is 2.52 bits per heavy atom. The topological polar surface area (TPSA) is 134 Å². The Morgan fingerprint density at radius 1 is 1.19 bits per heavy atom. The number of amides is 2. The van der Waals surface area contributed by atoms with Crippen LogP contribution in [0.4, 0.5) is 5.88 Å². The number of para-hydroxylation sites is 1. The number of furan rings is 1. The fourth-order valence-electron chi connectivity index (χ4n) is 3.52. The van der Waals surface area contributed by atoms with Crippen molar-refractivity contribution < 1.29 is 23.5 Å². The summed E-state index contributed by atoms with van der Waals surface area (Å²) in [6, 6.07) is 7.73. The zero-order valence-corrected chi connectivity index (χ0v) is 17.6. The Balaban J connectivity index is 2.03. The number of aromatic nitrogens is 1. The highest BCUT2D eigenvalue weighted by molar-refractivity contribution is 6.10. The first-order valence-electron chi connectivity index (χ1n) is 9.69. The summed E-state index contributed by atoms with van der Waals surface area (Å²) in [4.78, 5) is 49.9. The number of anilines is 1. The Kier molecular flexibility index (Phi) is 5.96. The maximum absolute atomic E-state index is 13.0. The molecule has 0 aliphatic rings. The van der Waals surface area contributed by atoms with Crippen LogP contribution in [-0.2, 0) is 9.53 Å². The minimum Gasteiger partial charge on any atom is -0.462 e. The number of nitrogens with one attached hydrogen (secondary N) is 1. The quantitative estimate of drug-likeness (QED) is 0.583. The van der Waals surface area contributed by atoms with E-state index in [2.05, 4.69) is 5.32 Å². The largest absolute Gasteiger partial charge is 0.462 e. The van der Waals surface area contributed by atoms with Crippen molar-refractivity contribution in [3.05, 3.63) is 63.1 Å². The van der Waals surface area contributed by atoms with Gasteiger partial charge in [-0.3, -0.25) is 24.3 Å². The van der Waals surface area contributed by atoms with Crippen molar-refractivity contribution in [3.63, 3.8) is 0 Å². The third-order valence-corrected chi connectivity index (χ3v) is 4.98. The molecule has 3 N–H and O–H groups in total. The van der Waals surface area contributed by atoms with Gasteiger partial charge in [0.1, 0.15) is 22.9 Å². The molecule has 2 amide bonds. The van der Waals surface area contributed by atoms with Gasteiger partial charge in [0.2, 0.25) is 11.8 Å². The van der Waals surface area contributed by atoms with E-state index in [-0.39, 0.29) is 34.9 Å². The Hall–Kier alpha value is -3.88. The first-order valence-corrected chi connectivity index (χ1v) is 9.69. The van der Waals surface area contributed by atoms with E-state index in [1.54, 1.807) is 26.0 Å². The van der Waals surface area contributed by atoms with Crippen molar-refractivity contribution in [2.45, 2.75) is 33.7 Å². The van der Waals surface area contributed by atoms with Crippen LogP contribution >= 0.6 is 0 Å². The summed E-state index contributed by atoms with van der Waals surface area (Å²) in [7, 11) is 0. The average Bonchev–Trinajstić information content (AvgIpc) is 3.04.